The fraction of sp³-hybridized carbons (Fsp3) is 0.409. The Morgan fingerprint density at radius 3 is 2.33 bits per heavy atom. The van der Waals surface area contributed by atoms with Crippen molar-refractivity contribution < 1.29 is 14.3 Å². The Bertz CT molecular complexity index is 1010. The lowest BCUT2D eigenvalue weighted by Gasteiger charge is -2.50. The largest absolute Gasteiger partial charge is 0.486 e. The van der Waals surface area contributed by atoms with Gasteiger partial charge >= 0.3 is 6.03 Å². The van der Waals surface area contributed by atoms with E-state index in [4.69, 9.17) is 21.3 Å². The van der Waals surface area contributed by atoms with Crippen LogP contribution < -0.4 is 24.3 Å². The summed E-state index contributed by atoms with van der Waals surface area (Å²) in [5.41, 5.74) is 1.73. The molecule has 6 nitrogen and oxygen atoms in total. The quantitative estimate of drug-likeness (QED) is 0.661. The maximum atomic E-state index is 13.9. The maximum absolute atomic E-state index is 13.9. The highest BCUT2D eigenvalue weighted by atomic mass is 32.4. The van der Waals surface area contributed by atoms with Gasteiger partial charge in [-0.1, -0.05) is 36.4 Å². The lowest BCUT2D eigenvalue weighted by atomic mass is 10.2. The minimum absolute atomic E-state index is 0.0539. The maximum Gasteiger partial charge on any atom is 0.334 e. The molecule has 1 atom stereocenters. The van der Waals surface area contributed by atoms with Crippen LogP contribution in [0.5, 0.6) is 11.5 Å². The van der Waals surface area contributed by atoms with Crippen LogP contribution in [0.3, 0.4) is 0 Å². The highest BCUT2D eigenvalue weighted by molar-refractivity contribution is 8.18. The van der Waals surface area contributed by atoms with Crippen LogP contribution in [-0.4, -0.2) is 43.5 Å². The zero-order valence-electron chi connectivity index (χ0n) is 17.1. The van der Waals surface area contributed by atoms with Gasteiger partial charge in [-0.3, -0.25) is 9.57 Å². The van der Waals surface area contributed by atoms with Crippen LogP contribution >= 0.6 is 6.34 Å². The first kappa shape index (κ1) is 19.9. The van der Waals surface area contributed by atoms with Crippen LogP contribution in [-0.2, 0) is 11.8 Å². The van der Waals surface area contributed by atoms with Gasteiger partial charge in [0.1, 0.15) is 19.6 Å². The number of hydrogen-bond acceptors (Lipinski definition) is 4. The van der Waals surface area contributed by atoms with Crippen molar-refractivity contribution in [2.75, 3.05) is 42.4 Å². The molecule has 2 aromatic carbocycles. The van der Waals surface area contributed by atoms with E-state index >= 15 is 0 Å². The fourth-order valence-electron chi connectivity index (χ4n) is 4.53. The van der Waals surface area contributed by atoms with Crippen molar-refractivity contribution in [1.29, 1.82) is 0 Å². The average Bonchev–Trinajstić information content (AvgIpc) is 2.80. The van der Waals surface area contributed by atoms with E-state index in [0.717, 1.165) is 48.4 Å². The van der Waals surface area contributed by atoms with Crippen molar-refractivity contribution in [2.24, 2.45) is 0 Å². The Hall–Kier alpha value is -2.08. The number of hydrogen-bond donors (Lipinski definition) is 0. The third-order valence-corrected chi connectivity index (χ3v) is 10.8. The molecule has 158 valence electrons. The zero-order chi connectivity index (χ0) is 20.7. The summed E-state index contributed by atoms with van der Waals surface area (Å²) >= 11 is 6.53. The molecule has 0 radical (unpaired) electrons. The van der Waals surface area contributed by atoms with E-state index in [1.54, 1.807) is 0 Å². The minimum atomic E-state index is -2.59. The molecule has 2 amide bonds. The molecule has 0 aromatic heterocycles. The van der Waals surface area contributed by atoms with Crippen LogP contribution in [0, 0.1) is 0 Å². The molecule has 3 heterocycles. The first-order chi connectivity index (χ1) is 14.6. The number of rotatable bonds is 3. The normalized spacial score (nSPS) is 24.0. The number of nitrogens with zero attached hydrogens (tertiary/aromatic N) is 3. The number of carbonyl (C=O) groups is 1. The Labute approximate surface area is 182 Å². The molecule has 0 spiro atoms. The topological polar surface area (TPSA) is 45.3 Å². The number of amides is 2. The summed E-state index contributed by atoms with van der Waals surface area (Å²) < 4.78 is 16.0. The van der Waals surface area contributed by atoms with E-state index in [9.17, 15) is 4.79 Å². The standard InChI is InChI=1S/C22H26N3O3PS/c1-2-24-18-15-19-20(28-14-13-27-19)16-21(18)29(30,23-11-7-4-8-12-23)25(22(24)26)17-9-5-3-6-10-17/h3,5-6,9-10,15-16H,2,4,7-8,11-14H2,1H3. The predicted molar refractivity (Wildman–Crippen MR) is 124 cm³/mol. The van der Waals surface area contributed by atoms with Gasteiger partial charge < -0.3 is 9.47 Å². The molecular weight excluding hydrogens is 417 g/mol. The first-order valence-electron chi connectivity index (χ1n) is 10.6. The second kappa shape index (κ2) is 7.88. The Kier molecular flexibility index (Phi) is 5.21. The number of anilines is 2. The number of para-hydroxylation sites is 1. The molecule has 1 saturated heterocycles. The number of ether oxygens (including phenoxy) is 2. The number of piperidine rings is 1. The number of urea groups is 1. The predicted octanol–water partition coefficient (Wildman–Crippen LogP) is 4.35. The first-order valence-corrected chi connectivity index (χ1v) is 13.3. The van der Waals surface area contributed by atoms with Crippen LogP contribution in [0.15, 0.2) is 42.5 Å². The number of carbonyl (C=O) groups excluding carboxylic acids is 1. The van der Waals surface area contributed by atoms with Gasteiger partial charge in [-0.2, -0.15) is 0 Å². The Balaban J connectivity index is 1.76. The summed E-state index contributed by atoms with van der Waals surface area (Å²) in [6, 6.07) is 13.8. The highest BCUT2D eigenvalue weighted by Gasteiger charge is 2.47. The third-order valence-electron chi connectivity index (χ3n) is 5.96. The molecule has 5 rings (SSSR count). The van der Waals surface area contributed by atoms with E-state index in [1.165, 1.54) is 6.42 Å². The van der Waals surface area contributed by atoms with Gasteiger partial charge in [0.25, 0.3) is 0 Å². The summed E-state index contributed by atoms with van der Waals surface area (Å²) in [4.78, 5) is 15.7. The van der Waals surface area contributed by atoms with E-state index in [2.05, 4.69) is 4.67 Å². The molecule has 1 unspecified atom stereocenters. The van der Waals surface area contributed by atoms with Crippen molar-refractivity contribution in [2.45, 2.75) is 26.2 Å². The van der Waals surface area contributed by atoms with Gasteiger partial charge in [-0.25, -0.2) is 9.46 Å². The lowest BCUT2D eigenvalue weighted by molar-refractivity contribution is 0.172. The van der Waals surface area contributed by atoms with E-state index in [0.29, 0.717) is 25.5 Å². The van der Waals surface area contributed by atoms with E-state index in [1.807, 2.05) is 59.0 Å². The number of benzene rings is 2. The van der Waals surface area contributed by atoms with Crippen LogP contribution in [0.25, 0.3) is 0 Å². The molecule has 0 N–H and O–H groups in total. The smallest absolute Gasteiger partial charge is 0.334 e. The summed E-state index contributed by atoms with van der Waals surface area (Å²) in [5.74, 6) is 1.42. The van der Waals surface area contributed by atoms with Crippen molar-refractivity contribution in [3.05, 3.63) is 42.5 Å². The lowest BCUT2D eigenvalue weighted by Crippen LogP contribution is -2.53. The van der Waals surface area contributed by atoms with Gasteiger partial charge in [0.05, 0.1) is 11.4 Å². The Morgan fingerprint density at radius 2 is 1.67 bits per heavy atom. The molecule has 3 aliphatic rings. The SMILES string of the molecule is CCN1C(=O)N(c2ccccc2)P(=S)(N2CCCCC2)c2cc3c(cc21)OCCO3. The highest BCUT2D eigenvalue weighted by Crippen LogP contribution is 2.61. The van der Waals surface area contributed by atoms with Crippen molar-refractivity contribution in [3.8, 4) is 11.5 Å². The van der Waals surface area contributed by atoms with Gasteiger partial charge in [-0.05, 0) is 38.0 Å². The molecule has 3 aliphatic heterocycles. The van der Waals surface area contributed by atoms with E-state index in [-0.39, 0.29) is 6.03 Å². The minimum Gasteiger partial charge on any atom is -0.486 e. The summed E-state index contributed by atoms with van der Waals surface area (Å²) in [5, 5.41) is 1.02. The number of fused-ring (bicyclic) bond motifs is 2. The molecule has 2 aromatic rings. The van der Waals surface area contributed by atoms with Crippen LogP contribution in [0.4, 0.5) is 16.2 Å². The van der Waals surface area contributed by atoms with Crippen LogP contribution in [0.1, 0.15) is 26.2 Å². The van der Waals surface area contributed by atoms with Crippen LogP contribution in [0.2, 0.25) is 0 Å². The molecule has 30 heavy (non-hydrogen) atoms. The second-order valence-corrected chi connectivity index (χ2v) is 11.8. The Morgan fingerprint density at radius 1 is 1.00 bits per heavy atom. The second-order valence-electron chi connectivity index (χ2n) is 7.72. The molecule has 0 saturated carbocycles. The van der Waals surface area contributed by atoms with Gasteiger partial charge in [0, 0.05) is 31.0 Å². The van der Waals surface area contributed by atoms with Gasteiger partial charge in [0.2, 0.25) is 0 Å². The molecule has 1 fully saturated rings. The van der Waals surface area contributed by atoms with Crippen molar-refractivity contribution >= 4 is 40.9 Å². The van der Waals surface area contributed by atoms with Crippen molar-refractivity contribution in [1.82, 2.24) is 4.67 Å². The summed E-state index contributed by atoms with van der Waals surface area (Å²) in [6.45, 7) is 5.42. The molecule has 0 aliphatic carbocycles. The fourth-order valence-corrected chi connectivity index (χ4v) is 9.10. The van der Waals surface area contributed by atoms with Crippen molar-refractivity contribution in [3.63, 3.8) is 0 Å². The third kappa shape index (κ3) is 3.03. The summed E-state index contributed by atoms with van der Waals surface area (Å²) in [7, 11) is 0. The van der Waals surface area contributed by atoms with Gasteiger partial charge in [0.15, 0.2) is 11.5 Å². The average molecular weight is 444 g/mol. The molecule has 0 bridgehead atoms. The zero-order valence-corrected chi connectivity index (χ0v) is 18.8. The monoisotopic (exact) mass is 443 g/mol. The van der Waals surface area contributed by atoms with E-state index < -0.39 is 6.34 Å². The molecule has 8 heteroatoms. The molecular formula is C22H26N3O3PS. The summed E-state index contributed by atoms with van der Waals surface area (Å²) in [6.07, 6.45) is 0.825. The van der Waals surface area contributed by atoms with Gasteiger partial charge in [-0.15, -0.1) is 0 Å².